The molecule has 0 fully saturated rings. The predicted octanol–water partition coefficient (Wildman–Crippen LogP) is 4.83. The molecule has 3 aromatic carbocycles. The maximum Gasteiger partial charge on any atom is 0.286 e. The molecule has 3 aromatic rings. The van der Waals surface area contributed by atoms with Gasteiger partial charge >= 0.3 is 0 Å². The fourth-order valence-corrected chi connectivity index (χ4v) is 3.71. The quantitative estimate of drug-likeness (QED) is 0.367. The van der Waals surface area contributed by atoms with E-state index >= 15 is 0 Å². The van der Waals surface area contributed by atoms with E-state index in [1.165, 1.54) is 30.4 Å². The van der Waals surface area contributed by atoms with Crippen LogP contribution in [0.15, 0.2) is 54.6 Å². The number of nitrogens with zero attached hydrogens (tertiary/aromatic N) is 1. The lowest BCUT2D eigenvalue weighted by Gasteiger charge is -2.12. The summed E-state index contributed by atoms with van der Waals surface area (Å²) < 4.78 is 10.6. The molecule has 1 aliphatic carbocycles. The number of carbonyl (C=O) groups is 1. The summed E-state index contributed by atoms with van der Waals surface area (Å²) in [5.41, 5.74) is 4.75. The van der Waals surface area contributed by atoms with Crippen molar-refractivity contribution in [2.75, 3.05) is 19.0 Å². The zero-order valence-corrected chi connectivity index (χ0v) is 16.6. The second-order valence-electron chi connectivity index (χ2n) is 6.87. The Kier molecular flexibility index (Phi) is 5.10. The van der Waals surface area contributed by atoms with Gasteiger partial charge in [0.15, 0.2) is 11.5 Å². The van der Waals surface area contributed by atoms with Gasteiger partial charge in [0.25, 0.3) is 11.6 Å². The van der Waals surface area contributed by atoms with E-state index in [1.807, 2.05) is 24.3 Å². The standard InChI is InChI=1S/C23H20N2O5/c1-3-30-22-12-19(20(25(27)28)13-21(22)29-2)23(26)24-16-9-8-15-10-14-6-4-5-7-17(14)18(15)11-16/h4-9,11-13H,3,10H2,1-2H3,(H,24,26). The van der Waals surface area contributed by atoms with E-state index in [2.05, 4.69) is 17.4 Å². The molecular weight excluding hydrogens is 384 g/mol. The number of carbonyl (C=O) groups excluding carboxylic acids is 1. The second-order valence-corrected chi connectivity index (χ2v) is 6.87. The first-order chi connectivity index (χ1) is 14.5. The molecule has 1 N–H and O–H groups in total. The third-order valence-corrected chi connectivity index (χ3v) is 5.08. The van der Waals surface area contributed by atoms with Gasteiger partial charge in [0, 0.05) is 11.8 Å². The number of amides is 1. The van der Waals surface area contributed by atoms with Crippen molar-refractivity contribution in [3.05, 3.63) is 81.4 Å². The number of methoxy groups -OCH3 is 1. The van der Waals surface area contributed by atoms with Crippen LogP contribution in [-0.4, -0.2) is 24.5 Å². The molecule has 1 aliphatic rings. The van der Waals surface area contributed by atoms with Crippen molar-refractivity contribution in [2.45, 2.75) is 13.3 Å². The summed E-state index contributed by atoms with van der Waals surface area (Å²) in [5, 5.41) is 14.3. The molecule has 0 saturated heterocycles. The Morgan fingerprint density at radius 3 is 2.57 bits per heavy atom. The molecule has 0 atom stereocenters. The van der Waals surface area contributed by atoms with E-state index < -0.39 is 10.8 Å². The van der Waals surface area contributed by atoms with Crippen molar-refractivity contribution in [1.82, 2.24) is 0 Å². The van der Waals surface area contributed by atoms with Crippen LogP contribution in [0.3, 0.4) is 0 Å². The molecule has 152 valence electrons. The number of hydrogen-bond acceptors (Lipinski definition) is 5. The highest BCUT2D eigenvalue weighted by Gasteiger charge is 2.25. The zero-order chi connectivity index (χ0) is 21.3. The van der Waals surface area contributed by atoms with Crippen LogP contribution in [0, 0.1) is 10.1 Å². The topological polar surface area (TPSA) is 90.7 Å². The van der Waals surface area contributed by atoms with Gasteiger partial charge in [-0.05, 0) is 47.7 Å². The summed E-state index contributed by atoms with van der Waals surface area (Å²) in [6, 6.07) is 16.4. The summed E-state index contributed by atoms with van der Waals surface area (Å²) in [6.45, 7) is 2.11. The van der Waals surface area contributed by atoms with Gasteiger partial charge in [-0.15, -0.1) is 0 Å². The second kappa shape index (κ2) is 7.87. The SMILES string of the molecule is CCOc1cc(C(=O)Nc2ccc3c(c2)-c2ccccc2C3)c([N+](=O)[O-])cc1OC. The van der Waals surface area contributed by atoms with Crippen molar-refractivity contribution in [3.63, 3.8) is 0 Å². The Balaban J connectivity index is 1.68. The monoisotopic (exact) mass is 404 g/mol. The third kappa shape index (κ3) is 3.45. The van der Waals surface area contributed by atoms with E-state index in [1.54, 1.807) is 13.0 Å². The number of ether oxygens (including phenoxy) is 2. The molecule has 7 heteroatoms. The summed E-state index contributed by atoms with van der Waals surface area (Å²) >= 11 is 0. The Morgan fingerprint density at radius 2 is 1.83 bits per heavy atom. The van der Waals surface area contributed by atoms with Crippen LogP contribution in [0.5, 0.6) is 11.5 Å². The van der Waals surface area contributed by atoms with E-state index in [-0.39, 0.29) is 22.7 Å². The highest BCUT2D eigenvalue weighted by atomic mass is 16.6. The summed E-state index contributed by atoms with van der Waals surface area (Å²) in [5.74, 6) is -0.107. The number of fused-ring (bicyclic) bond motifs is 3. The number of rotatable bonds is 6. The fraction of sp³-hybridized carbons (Fsp3) is 0.174. The number of benzene rings is 3. The largest absolute Gasteiger partial charge is 0.493 e. The lowest BCUT2D eigenvalue weighted by atomic mass is 10.0. The fourth-order valence-electron chi connectivity index (χ4n) is 3.71. The van der Waals surface area contributed by atoms with Crippen LogP contribution in [0.1, 0.15) is 28.4 Å². The van der Waals surface area contributed by atoms with Crippen LogP contribution in [0.25, 0.3) is 11.1 Å². The van der Waals surface area contributed by atoms with Crippen LogP contribution in [-0.2, 0) is 6.42 Å². The molecule has 30 heavy (non-hydrogen) atoms. The van der Waals surface area contributed by atoms with Crippen molar-refractivity contribution in [2.24, 2.45) is 0 Å². The average molecular weight is 404 g/mol. The van der Waals surface area contributed by atoms with Crippen LogP contribution in [0.4, 0.5) is 11.4 Å². The minimum absolute atomic E-state index is 0.0925. The van der Waals surface area contributed by atoms with Gasteiger partial charge in [-0.25, -0.2) is 0 Å². The number of hydrogen-bond donors (Lipinski definition) is 1. The van der Waals surface area contributed by atoms with Crippen LogP contribution >= 0.6 is 0 Å². The smallest absolute Gasteiger partial charge is 0.286 e. The van der Waals surface area contributed by atoms with Gasteiger partial charge in [-0.1, -0.05) is 30.3 Å². The molecule has 0 heterocycles. The van der Waals surface area contributed by atoms with Gasteiger partial charge in [0.05, 0.1) is 24.7 Å². The molecular formula is C23H20N2O5. The third-order valence-electron chi connectivity index (χ3n) is 5.08. The average Bonchev–Trinajstić information content (AvgIpc) is 3.11. The molecule has 0 saturated carbocycles. The number of nitro benzene ring substituents is 1. The van der Waals surface area contributed by atoms with E-state index in [9.17, 15) is 14.9 Å². The molecule has 0 aliphatic heterocycles. The van der Waals surface area contributed by atoms with E-state index in [0.717, 1.165) is 17.5 Å². The first-order valence-electron chi connectivity index (χ1n) is 9.53. The summed E-state index contributed by atoms with van der Waals surface area (Å²) in [6.07, 6.45) is 0.849. The van der Waals surface area contributed by atoms with Gasteiger partial charge in [0.2, 0.25) is 0 Å². The van der Waals surface area contributed by atoms with Gasteiger partial charge in [-0.2, -0.15) is 0 Å². The first kappa shape index (κ1) is 19.4. The van der Waals surface area contributed by atoms with Crippen molar-refractivity contribution < 1.29 is 19.2 Å². The van der Waals surface area contributed by atoms with Crippen LogP contribution < -0.4 is 14.8 Å². The van der Waals surface area contributed by atoms with Crippen molar-refractivity contribution in [3.8, 4) is 22.6 Å². The molecule has 1 amide bonds. The maximum atomic E-state index is 12.9. The summed E-state index contributed by atoms with van der Waals surface area (Å²) in [4.78, 5) is 23.9. The van der Waals surface area contributed by atoms with Crippen LogP contribution in [0.2, 0.25) is 0 Å². The van der Waals surface area contributed by atoms with Crippen molar-refractivity contribution >= 4 is 17.3 Å². The Labute approximate surface area is 173 Å². The highest BCUT2D eigenvalue weighted by molar-refractivity contribution is 6.08. The Bertz CT molecular complexity index is 1160. The molecule has 0 unspecified atom stereocenters. The molecule has 4 rings (SSSR count). The van der Waals surface area contributed by atoms with Gasteiger partial charge in [0.1, 0.15) is 5.56 Å². The highest BCUT2D eigenvalue weighted by Crippen LogP contribution is 2.38. The minimum Gasteiger partial charge on any atom is -0.493 e. The number of nitrogens with one attached hydrogen (secondary N) is 1. The predicted molar refractivity (Wildman–Crippen MR) is 113 cm³/mol. The molecule has 0 spiro atoms. The molecule has 7 nitrogen and oxygen atoms in total. The Hall–Kier alpha value is -3.87. The first-order valence-corrected chi connectivity index (χ1v) is 9.53. The lowest BCUT2D eigenvalue weighted by Crippen LogP contribution is -2.14. The van der Waals surface area contributed by atoms with Gasteiger partial charge in [-0.3, -0.25) is 14.9 Å². The van der Waals surface area contributed by atoms with E-state index in [4.69, 9.17) is 9.47 Å². The lowest BCUT2D eigenvalue weighted by molar-refractivity contribution is -0.385. The Morgan fingerprint density at radius 1 is 1.07 bits per heavy atom. The van der Waals surface area contributed by atoms with Crippen molar-refractivity contribution in [1.29, 1.82) is 0 Å². The number of anilines is 1. The zero-order valence-electron chi connectivity index (χ0n) is 16.6. The molecule has 0 radical (unpaired) electrons. The molecule has 0 aromatic heterocycles. The number of nitro groups is 1. The normalized spacial score (nSPS) is 11.4. The van der Waals surface area contributed by atoms with E-state index in [0.29, 0.717) is 12.3 Å². The minimum atomic E-state index is -0.605. The summed E-state index contributed by atoms with van der Waals surface area (Å²) in [7, 11) is 1.39. The maximum absolute atomic E-state index is 12.9. The van der Waals surface area contributed by atoms with Gasteiger partial charge < -0.3 is 14.8 Å². The molecule has 0 bridgehead atoms.